The maximum atomic E-state index is 11.9. The highest BCUT2D eigenvalue weighted by Gasteiger charge is 2.08. The number of carboxylic acid groups (broad SMARTS) is 1. The highest BCUT2D eigenvalue weighted by atomic mass is 16.4. The zero-order valence-electron chi connectivity index (χ0n) is 11.0. The van der Waals surface area contributed by atoms with Crippen LogP contribution in [0.25, 0.3) is 21.8 Å². The van der Waals surface area contributed by atoms with Gasteiger partial charge in [-0.3, -0.25) is 9.59 Å². The number of benzene rings is 2. The Morgan fingerprint density at radius 3 is 2.57 bits per heavy atom. The minimum Gasteiger partial charge on any atom is -0.480 e. The van der Waals surface area contributed by atoms with Crippen molar-refractivity contribution in [2.24, 2.45) is 0 Å². The van der Waals surface area contributed by atoms with E-state index in [-0.39, 0.29) is 0 Å². The normalized spacial score (nSPS) is 10.7. The Bertz CT molecular complexity index is 858. The average Bonchev–Trinajstić information content (AvgIpc) is 2.50. The third-order valence-electron chi connectivity index (χ3n) is 3.18. The fourth-order valence-electron chi connectivity index (χ4n) is 2.18. The van der Waals surface area contributed by atoms with Gasteiger partial charge in [0.25, 0.3) is 5.91 Å². The minimum absolute atomic E-state index is 0.396. The van der Waals surface area contributed by atoms with E-state index in [4.69, 9.17) is 5.11 Å². The third kappa shape index (κ3) is 2.67. The van der Waals surface area contributed by atoms with E-state index < -0.39 is 18.4 Å². The molecule has 0 saturated carbocycles. The lowest BCUT2D eigenvalue weighted by Gasteiger charge is -2.05. The molecule has 5 nitrogen and oxygen atoms in total. The van der Waals surface area contributed by atoms with Gasteiger partial charge in [0, 0.05) is 16.3 Å². The van der Waals surface area contributed by atoms with Crippen molar-refractivity contribution in [1.82, 2.24) is 10.3 Å². The van der Waals surface area contributed by atoms with Crippen molar-refractivity contribution in [3.05, 3.63) is 54.1 Å². The first-order chi connectivity index (χ1) is 10.1. The van der Waals surface area contributed by atoms with Crippen LogP contribution < -0.4 is 5.32 Å². The van der Waals surface area contributed by atoms with Gasteiger partial charge in [-0.15, -0.1) is 0 Å². The summed E-state index contributed by atoms with van der Waals surface area (Å²) in [6.45, 7) is -0.396. The molecule has 0 unspecified atom stereocenters. The number of para-hydroxylation sites is 1. The second-order valence-corrected chi connectivity index (χ2v) is 4.66. The highest BCUT2D eigenvalue weighted by Crippen LogP contribution is 2.20. The van der Waals surface area contributed by atoms with Crippen LogP contribution in [0, 0.1) is 0 Å². The summed E-state index contributed by atoms with van der Waals surface area (Å²) in [6.07, 6.45) is 0. The predicted octanol–water partition coefficient (Wildman–Crippen LogP) is 2.20. The molecule has 2 N–H and O–H groups in total. The number of fused-ring (bicyclic) bond motifs is 2. The molecule has 1 aromatic heterocycles. The highest BCUT2D eigenvalue weighted by molar-refractivity contribution is 6.01. The summed E-state index contributed by atoms with van der Waals surface area (Å²) in [7, 11) is 0. The number of aromatic nitrogens is 1. The van der Waals surface area contributed by atoms with E-state index in [1.807, 2.05) is 30.3 Å². The van der Waals surface area contributed by atoms with Crippen molar-refractivity contribution in [2.45, 2.75) is 0 Å². The summed E-state index contributed by atoms with van der Waals surface area (Å²) in [5.41, 5.74) is 2.11. The Hall–Kier alpha value is -2.95. The van der Waals surface area contributed by atoms with E-state index in [0.29, 0.717) is 5.56 Å². The van der Waals surface area contributed by atoms with Crippen molar-refractivity contribution in [3.63, 3.8) is 0 Å². The Kier molecular flexibility index (Phi) is 3.23. The van der Waals surface area contributed by atoms with Gasteiger partial charge >= 0.3 is 5.97 Å². The number of nitrogens with zero attached hydrogens (tertiary/aromatic N) is 1. The van der Waals surface area contributed by atoms with Crippen LogP contribution in [0.5, 0.6) is 0 Å². The fraction of sp³-hybridized carbons (Fsp3) is 0.0625. The summed E-state index contributed by atoms with van der Waals surface area (Å²) in [5.74, 6) is -1.48. The minimum atomic E-state index is -1.07. The predicted molar refractivity (Wildman–Crippen MR) is 79.2 cm³/mol. The van der Waals surface area contributed by atoms with Gasteiger partial charge in [-0.25, -0.2) is 4.98 Å². The van der Waals surface area contributed by atoms with Gasteiger partial charge in [-0.2, -0.15) is 0 Å². The number of carbonyl (C=O) groups excluding carboxylic acids is 1. The zero-order chi connectivity index (χ0) is 14.8. The molecule has 0 atom stereocenters. The van der Waals surface area contributed by atoms with Crippen molar-refractivity contribution in [3.8, 4) is 0 Å². The SMILES string of the molecule is O=C(O)CNC(=O)c1ccc2nc3ccccc3cc2c1. The molecule has 0 aliphatic carbocycles. The summed E-state index contributed by atoms with van der Waals surface area (Å²) in [6, 6.07) is 14.8. The first kappa shape index (κ1) is 13.1. The molecule has 0 bridgehead atoms. The number of aliphatic carboxylic acids is 1. The third-order valence-corrected chi connectivity index (χ3v) is 3.18. The van der Waals surface area contributed by atoms with E-state index in [2.05, 4.69) is 10.3 Å². The lowest BCUT2D eigenvalue weighted by molar-refractivity contribution is -0.135. The quantitative estimate of drug-likeness (QED) is 0.721. The second kappa shape index (κ2) is 5.20. The van der Waals surface area contributed by atoms with Crippen LogP contribution in [0.3, 0.4) is 0 Å². The van der Waals surface area contributed by atoms with Crippen molar-refractivity contribution < 1.29 is 14.7 Å². The Balaban J connectivity index is 2.01. The molecule has 1 amide bonds. The van der Waals surface area contributed by atoms with Gasteiger partial charge in [0.15, 0.2) is 0 Å². The van der Waals surface area contributed by atoms with Crippen LogP contribution in [-0.4, -0.2) is 28.5 Å². The van der Waals surface area contributed by atoms with Crippen molar-refractivity contribution >= 4 is 33.7 Å². The van der Waals surface area contributed by atoms with Crippen LogP contribution in [-0.2, 0) is 4.79 Å². The number of pyridine rings is 1. The van der Waals surface area contributed by atoms with Crippen LogP contribution in [0.15, 0.2) is 48.5 Å². The molecule has 0 spiro atoms. The van der Waals surface area contributed by atoms with E-state index in [9.17, 15) is 9.59 Å². The Morgan fingerprint density at radius 2 is 1.76 bits per heavy atom. The molecule has 21 heavy (non-hydrogen) atoms. The molecule has 0 radical (unpaired) electrons. The molecule has 0 aliphatic rings. The number of carboxylic acids is 1. The Morgan fingerprint density at radius 1 is 1.00 bits per heavy atom. The summed E-state index contributed by atoms with van der Waals surface area (Å²) >= 11 is 0. The number of amides is 1. The van der Waals surface area contributed by atoms with Gasteiger partial charge < -0.3 is 10.4 Å². The molecule has 0 saturated heterocycles. The number of carbonyl (C=O) groups is 2. The molecular weight excluding hydrogens is 268 g/mol. The largest absolute Gasteiger partial charge is 0.480 e. The van der Waals surface area contributed by atoms with E-state index in [0.717, 1.165) is 21.8 Å². The fourth-order valence-corrected chi connectivity index (χ4v) is 2.18. The molecule has 0 fully saturated rings. The maximum absolute atomic E-state index is 11.9. The van der Waals surface area contributed by atoms with E-state index >= 15 is 0 Å². The molecule has 5 heteroatoms. The second-order valence-electron chi connectivity index (χ2n) is 4.66. The zero-order valence-corrected chi connectivity index (χ0v) is 11.0. The van der Waals surface area contributed by atoms with Gasteiger partial charge in [0.1, 0.15) is 6.54 Å². The van der Waals surface area contributed by atoms with E-state index in [1.54, 1.807) is 18.2 Å². The smallest absolute Gasteiger partial charge is 0.322 e. The summed E-state index contributed by atoms with van der Waals surface area (Å²) < 4.78 is 0. The molecule has 3 aromatic rings. The van der Waals surface area contributed by atoms with Gasteiger partial charge in [0.2, 0.25) is 0 Å². The van der Waals surface area contributed by atoms with Crippen LogP contribution in [0.2, 0.25) is 0 Å². The molecule has 0 aliphatic heterocycles. The molecular formula is C16H12N2O3. The number of nitrogens with one attached hydrogen (secondary N) is 1. The first-order valence-corrected chi connectivity index (χ1v) is 6.43. The molecule has 1 heterocycles. The van der Waals surface area contributed by atoms with Crippen LogP contribution in [0.4, 0.5) is 0 Å². The first-order valence-electron chi connectivity index (χ1n) is 6.43. The van der Waals surface area contributed by atoms with Gasteiger partial charge in [-0.1, -0.05) is 18.2 Å². The lowest BCUT2D eigenvalue weighted by atomic mass is 10.1. The number of hydrogen-bond donors (Lipinski definition) is 2. The lowest BCUT2D eigenvalue weighted by Crippen LogP contribution is -2.29. The average molecular weight is 280 g/mol. The van der Waals surface area contributed by atoms with Gasteiger partial charge in [-0.05, 0) is 30.3 Å². The summed E-state index contributed by atoms with van der Waals surface area (Å²) in [5, 5.41) is 12.8. The molecule has 104 valence electrons. The van der Waals surface area contributed by atoms with Crippen LogP contribution in [0.1, 0.15) is 10.4 Å². The standard InChI is InChI=1S/C16H12N2O3/c19-15(20)9-17-16(21)11-5-6-14-12(8-11)7-10-3-1-2-4-13(10)18-14/h1-8H,9H2,(H,17,21)(H,19,20). The molecule has 2 aromatic carbocycles. The van der Waals surface area contributed by atoms with Crippen molar-refractivity contribution in [2.75, 3.05) is 6.54 Å². The summed E-state index contributed by atoms with van der Waals surface area (Å²) in [4.78, 5) is 26.9. The van der Waals surface area contributed by atoms with Crippen molar-refractivity contribution in [1.29, 1.82) is 0 Å². The van der Waals surface area contributed by atoms with Gasteiger partial charge in [0.05, 0.1) is 11.0 Å². The molecule has 3 rings (SSSR count). The van der Waals surface area contributed by atoms with Crippen LogP contribution >= 0.6 is 0 Å². The topological polar surface area (TPSA) is 79.3 Å². The number of rotatable bonds is 3. The Labute approximate surface area is 120 Å². The van der Waals surface area contributed by atoms with E-state index in [1.165, 1.54) is 0 Å². The maximum Gasteiger partial charge on any atom is 0.322 e. The monoisotopic (exact) mass is 280 g/mol. The number of hydrogen-bond acceptors (Lipinski definition) is 3.